The van der Waals surface area contributed by atoms with Crippen LogP contribution in [0.3, 0.4) is 0 Å². The van der Waals surface area contributed by atoms with Crippen LogP contribution in [0.15, 0.2) is 36.9 Å². The van der Waals surface area contributed by atoms with E-state index in [1.165, 1.54) is 19.1 Å². The Morgan fingerprint density at radius 3 is 2.46 bits per heavy atom. The quantitative estimate of drug-likeness (QED) is 0.476. The highest BCUT2D eigenvalue weighted by Crippen LogP contribution is 2.16. The van der Waals surface area contributed by atoms with Crippen molar-refractivity contribution in [1.29, 1.82) is 0 Å². The van der Waals surface area contributed by atoms with Crippen LogP contribution in [-0.2, 0) is 9.53 Å². The molecular formula is C17H20N2O5. The van der Waals surface area contributed by atoms with Crippen molar-refractivity contribution in [3.8, 4) is 5.75 Å². The number of benzene rings is 1. The van der Waals surface area contributed by atoms with Crippen molar-refractivity contribution in [1.82, 2.24) is 9.80 Å². The summed E-state index contributed by atoms with van der Waals surface area (Å²) in [6.07, 6.45) is 1.10. The fourth-order valence-electron chi connectivity index (χ4n) is 2.35. The lowest BCUT2D eigenvalue weighted by atomic mass is 10.1. The summed E-state index contributed by atoms with van der Waals surface area (Å²) in [7, 11) is 0. The van der Waals surface area contributed by atoms with Crippen molar-refractivity contribution < 1.29 is 23.9 Å². The normalized spacial score (nSPS) is 14.0. The van der Waals surface area contributed by atoms with Crippen molar-refractivity contribution in [3.63, 3.8) is 0 Å². The van der Waals surface area contributed by atoms with Gasteiger partial charge in [-0.25, -0.2) is 4.79 Å². The molecule has 1 aromatic carbocycles. The standard InChI is InChI=1S/C17H20N2O5/c1-3-11-23-17(22)19-9-7-18(8-10-19)16(21)14-5-4-6-15(12-14)24-13(2)20/h3-6,12H,1,7-11H2,2H3. The molecule has 2 rings (SSSR count). The summed E-state index contributed by atoms with van der Waals surface area (Å²) in [6.45, 7) is 6.61. The third-order valence-electron chi connectivity index (χ3n) is 3.49. The van der Waals surface area contributed by atoms with E-state index in [9.17, 15) is 14.4 Å². The molecule has 0 aliphatic carbocycles. The van der Waals surface area contributed by atoms with Gasteiger partial charge in [0.25, 0.3) is 5.91 Å². The van der Waals surface area contributed by atoms with Crippen molar-refractivity contribution in [2.75, 3.05) is 32.8 Å². The third kappa shape index (κ3) is 4.58. The van der Waals surface area contributed by atoms with Crippen molar-refractivity contribution in [3.05, 3.63) is 42.5 Å². The smallest absolute Gasteiger partial charge is 0.410 e. The second kappa shape index (κ2) is 8.14. The minimum absolute atomic E-state index is 0.164. The van der Waals surface area contributed by atoms with E-state index in [0.29, 0.717) is 37.5 Å². The topological polar surface area (TPSA) is 76.2 Å². The molecule has 1 heterocycles. The first kappa shape index (κ1) is 17.5. The highest BCUT2D eigenvalue weighted by atomic mass is 16.6. The molecule has 0 N–H and O–H groups in total. The van der Waals surface area contributed by atoms with Crippen LogP contribution in [0.5, 0.6) is 5.75 Å². The summed E-state index contributed by atoms with van der Waals surface area (Å²) in [5, 5.41) is 0. The van der Waals surface area contributed by atoms with Gasteiger partial charge in [0, 0.05) is 38.7 Å². The van der Waals surface area contributed by atoms with Crippen LogP contribution >= 0.6 is 0 Å². The highest BCUT2D eigenvalue weighted by Gasteiger charge is 2.25. The van der Waals surface area contributed by atoms with Crippen LogP contribution < -0.4 is 4.74 Å². The molecule has 1 aliphatic rings. The maximum Gasteiger partial charge on any atom is 0.410 e. The molecule has 0 saturated carbocycles. The van der Waals surface area contributed by atoms with Gasteiger partial charge in [-0.15, -0.1) is 0 Å². The summed E-state index contributed by atoms with van der Waals surface area (Å²) >= 11 is 0. The minimum Gasteiger partial charge on any atom is -0.445 e. The number of ether oxygens (including phenoxy) is 2. The average Bonchev–Trinajstić information content (AvgIpc) is 2.59. The Labute approximate surface area is 140 Å². The number of rotatable bonds is 4. The van der Waals surface area contributed by atoms with E-state index in [2.05, 4.69) is 6.58 Å². The number of nitrogens with zero attached hydrogens (tertiary/aromatic N) is 2. The Hall–Kier alpha value is -2.83. The third-order valence-corrected chi connectivity index (χ3v) is 3.49. The van der Waals surface area contributed by atoms with Crippen molar-refractivity contribution >= 4 is 18.0 Å². The fourth-order valence-corrected chi connectivity index (χ4v) is 2.35. The minimum atomic E-state index is -0.439. The maximum absolute atomic E-state index is 12.5. The van der Waals surface area contributed by atoms with E-state index in [1.807, 2.05) is 0 Å². The molecule has 0 radical (unpaired) electrons. The molecule has 0 atom stereocenters. The number of carbonyl (C=O) groups is 3. The summed E-state index contributed by atoms with van der Waals surface area (Å²) in [6, 6.07) is 6.48. The molecule has 7 nitrogen and oxygen atoms in total. The van der Waals surface area contributed by atoms with Crippen LogP contribution in [0.4, 0.5) is 4.79 Å². The summed E-state index contributed by atoms with van der Waals surface area (Å²) < 4.78 is 9.97. The summed E-state index contributed by atoms with van der Waals surface area (Å²) in [5.74, 6) is -0.269. The maximum atomic E-state index is 12.5. The van der Waals surface area contributed by atoms with Gasteiger partial charge in [0.2, 0.25) is 0 Å². The van der Waals surface area contributed by atoms with Gasteiger partial charge in [-0.3, -0.25) is 9.59 Å². The molecule has 7 heteroatoms. The van der Waals surface area contributed by atoms with Gasteiger partial charge >= 0.3 is 12.1 Å². The lowest BCUT2D eigenvalue weighted by molar-refractivity contribution is -0.131. The van der Waals surface area contributed by atoms with Gasteiger partial charge in [-0.05, 0) is 18.2 Å². The first-order chi connectivity index (χ1) is 11.5. The monoisotopic (exact) mass is 332 g/mol. The number of carbonyl (C=O) groups excluding carboxylic acids is 3. The first-order valence-electron chi connectivity index (χ1n) is 7.61. The Balaban J connectivity index is 1.94. The molecule has 1 fully saturated rings. The Morgan fingerprint density at radius 2 is 1.83 bits per heavy atom. The summed E-state index contributed by atoms with van der Waals surface area (Å²) in [5.41, 5.74) is 0.441. The molecule has 128 valence electrons. The molecule has 0 spiro atoms. The number of hydrogen-bond donors (Lipinski definition) is 0. The number of amides is 2. The largest absolute Gasteiger partial charge is 0.445 e. The zero-order valence-electron chi connectivity index (χ0n) is 13.6. The lowest BCUT2D eigenvalue weighted by Gasteiger charge is -2.34. The fraction of sp³-hybridized carbons (Fsp3) is 0.353. The molecule has 0 bridgehead atoms. The first-order valence-corrected chi connectivity index (χ1v) is 7.61. The van der Waals surface area contributed by atoms with Gasteiger partial charge < -0.3 is 19.3 Å². The molecule has 24 heavy (non-hydrogen) atoms. The zero-order valence-corrected chi connectivity index (χ0v) is 13.6. The van der Waals surface area contributed by atoms with Crippen LogP contribution in [0, 0.1) is 0 Å². The molecule has 1 saturated heterocycles. The summed E-state index contributed by atoms with van der Waals surface area (Å²) in [4.78, 5) is 38.5. The molecular weight excluding hydrogens is 312 g/mol. The van der Waals surface area contributed by atoms with Crippen LogP contribution in [-0.4, -0.2) is 60.6 Å². The van der Waals surface area contributed by atoms with E-state index in [-0.39, 0.29) is 12.5 Å². The zero-order chi connectivity index (χ0) is 17.5. The lowest BCUT2D eigenvalue weighted by Crippen LogP contribution is -2.50. The van der Waals surface area contributed by atoms with Crippen molar-refractivity contribution in [2.24, 2.45) is 0 Å². The molecule has 1 aliphatic heterocycles. The second-order valence-corrected chi connectivity index (χ2v) is 5.27. The number of hydrogen-bond acceptors (Lipinski definition) is 5. The Kier molecular flexibility index (Phi) is 5.95. The van der Waals surface area contributed by atoms with Crippen LogP contribution in [0.1, 0.15) is 17.3 Å². The molecule has 2 amide bonds. The molecule has 0 unspecified atom stereocenters. The predicted molar refractivity (Wildman–Crippen MR) is 86.8 cm³/mol. The van der Waals surface area contributed by atoms with Gasteiger partial charge in [0.15, 0.2) is 0 Å². The molecule has 1 aromatic rings. The van der Waals surface area contributed by atoms with E-state index >= 15 is 0 Å². The number of piperazine rings is 1. The van der Waals surface area contributed by atoms with Gasteiger partial charge in [-0.2, -0.15) is 0 Å². The highest BCUT2D eigenvalue weighted by molar-refractivity contribution is 5.95. The van der Waals surface area contributed by atoms with Gasteiger partial charge in [0.05, 0.1) is 0 Å². The number of esters is 1. The predicted octanol–water partition coefficient (Wildman–Crippen LogP) is 1.69. The SMILES string of the molecule is C=CCOC(=O)N1CCN(C(=O)c2cccc(OC(C)=O)c2)CC1. The Morgan fingerprint density at radius 1 is 1.17 bits per heavy atom. The van der Waals surface area contributed by atoms with Crippen LogP contribution in [0.25, 0.3) is 0 Å². The van der Waals surface area contributed by atoms with Crippen LogP contribution in [0.2, 0.25) is 0 Å². The second-order valence-electron chi connectivity index (χ2n) is 5.27. The van der Waals surface area contributed by atoms with E-state index < -0.39 is 12.1 Å². The van der Waals surface area contributed by atoms with Gasteiger partial charge in [-0.1, -0.05) is 18.7 Å². The van der Waals surface area contributed by atoms with E-state index in [1.54, 1.807) is 28.0 Å². The van der Waals surface area contributed by atoms with Gasteiger partial charge in [0.1, 0.15) is 12.4 Å². The molecule has 0 aromatic heterocycles. The van der Waals surface area contributed by atoms with E-state index in [0.717, 1.165) is 0 Å². The van der Waals surface area contributed by atoms with Crippen molar-refractivity contribution in [2.45, 2.75) is 6.92 Å². The average molecular weight is 332 g/mol. The Bertz CT molecular complexity index is 636. The van der Waals surface area contributed by atoms with E-state index in [4.69, 9.17) is 9.47 Å².